The Hall–Kier alpha value is -3.49. The third-order valence-corrected chi connectivity index (χ3v) is 6.66. The molecule has 3 heterocycles. The van der Waals surface area contributed by atoms with Gasteiger partial charge in [0.2, 0.25) is 6.43 Å². The van der Waals surface area contributed by atoms with Gasteiger partial charge in [0.15, 0.2) is 11.5 Å². The number of amides is 1. The topological polar surface area (TPSA) is 103 Å². The number of carbonyl (C=O) groups excluding carboxylic acids is 1. The van der Waals surface area contributed by atoms with Crippen LogP contribution in [0.15, 0.2) is 31.0 Å². The zero-order valence-corrected chi connectivity index (χ0v) is 20.4. The van der Waals surface area contributed by atoms with Gasteiger partial charge in [-0.25, -0.2) is 18.3 Å². The second-order valence-electron chi connectivity index (χ2n) is 9.38. The molecule has 1 saturated carbocycles. The number of fused-ring (bicyclic) bond motifs is 2. The van der Waals surface area contributed by atoms with Crippen LogP contribution < -0.4 is 11.5 Å². The van der Waals surface area contributed by atoms with E-state index >= 15 is 0 Å². The summed E-state index contributed by atoms with van der Waals surface area (Å²) in [7, 11) is 0. The Bertz CT molecular complexity index is 1280. The van der Waals surface area contributed by atoms with Gasteiger partial charge in [0.25, 0.3) is 5.91 Å². The Morgan fingerprint density at radius 1 is 1.31 bits per heavy atom. The van der Waals surface area contributed by atoms with Crippen LogP contribution in [0.4, 0.5) is 14.6 Å². The third-order valence-electron chi connectivity index (χ3n) is 6.66. The summed E-state index contributed by atoms with van der Waals surface area (Å²) in [5.41, 5.74) is 18.0. The second kappa shape index (κ2) is 9.64. The highest BCUT2D eigenvalue weighted by Crippen LogP contribution is 2.39. The molecule has 4 N–H and O–H groups in total. The quantitative estimate of drug-likeness (QED) is 0.513. The van der Waals surface area contributed by atoms with Crippen LogP contribution in [-0.4, -0.2) is 37.9 Å². The number of rotatable bonds is 6. The SMILES string of the molecule is C=C(N)c1c(N)nn2ccc(-c3cc(C)c4c(c3)CN(C(C)C3CC3)C4=O)nc12.CCCC(F)F. The van der Waals surface area contributed by atoms with E-state index in [0.717, 1.165) is 27.9 Å². The fourth-order valence-corrected chi connectivity index (χ4v) is 4.63. The van der Waals surface area contributed by atoms with Crippen LogP contribution in [-0.2, 0) is 6.54 Å². The number of halogens is 2. The first-order chi connectivity index (χ1) is 16.6. The molecule has 0 radical (unpaired) electrons. The fourth-order valence-electron chi connectivity index (χ4n) is 4.63. The van der Waals surface area contributed by atoms with Crippen molar-refractivity contribution in [1.82, 2.24) is 19.5 Å². The van der Waals surface area contributed by atoms with E-state index in [0.29, 0.717) is 47.7 Å². The summed E-state index contributed by atoms with van der Waals surface area (Å²) in [5.74, 6) is 1.10. The van der Waals surface area contributed by atoms with Crippen LogP contribution in [0.5, 0.6) is 0 Å². The summed E-state index contributed by atoms with van der Waals surface area (Å²) in [6.07, 6.45) is 2.78. The van der Waals surface area contributed by atoms with Gasteiger partial charge in [-0.2, -0.15) is 0 Å². The van der Waals surface area contributed by atoms with Gasteiger partial charge in [-0.15, -0.1) is 5.10 Å². The average Bonchev–Trinajstić information content (AvgIpc) is 3.50. The zero-order chi connectivity index (χ0) is 25.4. The minimum Gasteiger partial charge on any atom is -0.398 e. The molecular weight excluding hydrogens is 450 g/mol. The van der Waals surface area contributed by atoms with E-state index in [4.69, 9.17) is 16.5 Å². The number of aromatic nitrogens is 3. The molecule has 1 aliphatic heterocycles. The highest BCUT2D eigenvalue weighted by molar-refractivity contribution is 6.00. The van der Waals surface area contributed by atoms with Crippen LogP contribution in [0.2, 0.25) is 0 Å². The van der Waals surface area contributed by atoms with Crippen LogP contribution in [0.1, 0.15) is 66.6 Å². The first kappa shape index (κ1) is 24.6. The third kappa shape index (κ3) is 4.85. The molecule has 3 aromatic rings. The summed E-state index contributed by atoms with van der Waals surface area (Å²) in [6.45, 7) is 10.3. The van der Waals surface area contributed by atoms with Gasteiger partial charge < -0.3 is 16.4 Å². The molecule has 1 aromatic carbocycles. The summed E-state index contributed by atoms with van der Waals surface area (Å²) >= 11 is 0. The van der Waals surface area contributed by atoms with E-state index in [9.17, 15) is 13.6 Å². The molecule has 0 spiro atoms. The number of carbonyl (C=O) groups is 1. The van der Waals surface area contributed by atoms with Crippen molar-refractivity contribution in [1.29, 1.82) is 0 Å². The number of nitrogens with two attached hydrogens (primary N) is 2. The molecule has 1 aliphatic carbocycles. The first-order valence-electron chi connectivity index (χ1n) is 11.9. The van der Waals surface area contributed by atoms with E-state index in [1.54, 1.807) is 11.4 Å². The zero-order valence-electron chi connectivity index (χ0n) is 20.4. The fraction of sp³-hybridized carbons (Fsp3) is 0.423. The largest absolute Gasteiger partial charge is 0.398 e. The van der Waals surface area contributed by atoms with Crippen molar-refractivity contribution in [2.24, 2.45) is 11.7 Å². The molecule has 7 nitrogen and oxygen atoms in total. The van der Waals surface area contributed by atoms with Gasteiger partial charge >= 0.3 is 0 Å². The Balaban J connectivity index is 0.000000431. The maximum Gasteiger partial charge on any atom is 0.255 e. The van der Waals surface area contributed by atoms with Crippen molar-refractivity contribution in [3.05, 3.63) is 53.2 Å². The van der Waals surface area contributed by atoms with Crippen molar-refractivity contribution in [3.63, 3.8) is 0 Å². The standard InChI is InChI=1S/C22H24N6O.C4H8F2/c1-11-8-15(9-16-10-27(22(29)18(11)16)13(3)14-4-5-14)17-6-7-28-21(25-17)19(12(2)23)20(24)26-28;1-2-3-4(5)6/h6-9,13-14H,2,4-5,10,23H2,1,3H3,(H2,24,26);4H,2-3H2,1H3. The number of nitrogens with zero attached hydrogens (tertiary/aromatic N) is 4. The number of hydrogen-bond acceptors (Lipinski definition) is 5. The Morgan fingerprint density at radius 3 is 2.60 bits per heavy atom. The molecular formula is C26H32F2N6O. The van der Waals surface area contributed by atoms with Gasteiger partial charge in [0.05, 0.1) is 11.3 Å². The molecule has 1 atom stereocenters. The molecule has 1 amide bonds. The number of nitrogen functional groups attached to an aromatic ring is 1. The van der Waals surface area contributed by atoms with Crippen LogP contribution in [0.3, 0.4) is 0 Å². The summed E-state index contributed by atoms with van der Waals surface area (Å²) in [4.78, 5) is 19.8. The van der Waals surface area contributed by atoms with Crippen molar-refractivity contribution in [2.45, 2.75) is 65.5 Å². The molecule has 2 aliphatic rings. The van der Waals surface area contributed by atoms with Gasteiger partial charge in [0, 0.05) is 42.0 Å². The molecule has 0 saturated heterocycles. The monoisotopic (exact) mass is 482 g/mol. The molecule has 186 valence electrons. The molecule has 35 heavy (non-hydrogen) atoms. The first-order valence-corrected chi connectivity index (χ1v) is 11.9. The van der Waals surface area contributed by atoms with Crippen LogP contribution in [0.25, 0.3) is 22.6 Å². The number of hydrogen-bond donors (Lipinski definition) is 2. The average molecular weight is 483 g/mol. The van der Waals surface area contributed by atoms with Crippen molar-refractivity contribution in [2.75, 3.05) is 5.73 Å². The predicted octanol–water partition coefficient (Wildman–Crippen LogP) is 5.02. The van der Waals surface area contributed by atoms with E-state index in [1.165, 1.54) is 12.8 Å². The van der Waals surface area contributed by atoms with E-state index < -0.39 is 6.43 Å². The van der Waals surface area contributed by atoms with Crippen molar-refractivity contribution in [3.8, 4) is 11.3 Å². The molecule has 2 aromatic heterocycles. The number of alkyl halides is 2. The predicted molar refractivity (Wildman–Crippen MR) is 134 cm³/mol. The lowest BCUT2D eigenvalue weighted by Gasteiger charge is -2.24. The van der Waals surface area contributed by atoms with Gasteiger partial charge in [-0.1, -0.05) is 19.9 Å². The molecule has 5 rings (SSSR count). The molecule has 1 unspecified atom stereocenters. The lowest BCUT2D eigenvalue weighted by molar-refractivity contribution is 0.0697. The van der Waals surface area contributed by atoms with E-state index in [1.807, 2.05) is 30.2 Å². The lowest BCUT2D eigenvalue weighted by Crippen LogP contribution is -2.34. The van der Waals surface area contributed by atoms with E-state index in [2.05, 4.69) is 24.7 Å². The molecule has 0 bridgehead atoms. The number of aryl methyl sites for hydroxylation is 1. The van der Waals surface area contributed by atoms with Gasteiger partial charge in [-0.3, -0.25) is 4.79 Å². The summed E-state index contributed by atoms with van der Waals surface area (Å²) in [6, 6.07) is 6.29. The maximum atomic E-state index is 13.0. The highest BCUT2D eigenvalue weighted by Gasteiger charge is 2.39. The Kier molecular flexibility index (Phi) is 6.78. The smallest absolute Gasteiger partial charge is 0.255 e. The van der Waals surface area contributed by atoms with Gasteiger partial charge in [-0.05, 0) is 61.9 Å². The summed E-state index contributed by atoms with van der Waals surface area (Å²) in [5, 5.41) is 4.25. The van der Waals surface area contributed by atoms with Crippen molar-refractivity contribution >= 4 is 23.1 Å². The maximum absolute atomic E-state index is 13.0. The molecule has 9 heteroatoms. The normalized spacial score (nSPS) is 15.8. The minimum absolute atomic E-state index is 0.0417. The Morgan fingerprint density at radius 2 is 2.03 bits per heavy atom. The van der Waals surface area contributed by atoms with Gasteiger partial charge in [0.1, 0.15) is 0 Å². The molecule has 1 fully saturated rings. The second-order valence-corrected chi connectivity index (χ2v) is 9.38. The summed E-state index contributed by atoms with van der Waals surface area (Å²) < 4.78 is 23.7. The van der Waals surface area contributed by atoms with Crippen LogP contribution in [0, 0.1) is 12.8 Å². The Labute approximate surface area is 203 Å². The number of benzene rings is 1. The number of anilines is 1. The van der Waals surface area contributed by atoms with Crippen LogP contribution >= 0.6 is 0 Å². The van der Waals surface area contributed by atoms with Crippen molar-refractivity contribution < 1.29 is 13.6 Å². The van der Waals surface area contributed by atoms with E-state index in [-0.39, 0.29) is 12.3 Å². The minimum atomic E-state index is -2.10. The highest BCUT2D eigenvalue weighted by atomic mass is 19.3. The lowest BCUT2D eigenvalue weighted by atomic mass is 9.98.